The van der Waals surface area contributed by atoms with Crippen molar-refractivity contribution in [1.29, 1.82) is 0 Å². The summed E-state index contributed by atoms with van der Waals surface area (Å²) in [5.41, 5.74) is 0. The molecule has 2 aromatic heterocycles. The van der Waals surface area contributed by atoms with E-state index >= 15 is 0 Å². The van der Waals surface area contributed by atoms with E-state index in [4.69, 9.17) is 4.74 Å². The van der Waals surface area contributed by atoms with Crippen LogP contribution in [0.3, 0.4) is 0 Å². The van der Waals surface area contributed by atoms with Crippen LogP contribution in [-0.2, 0) is 6.54 Å². The van der Waals surface area contributed by atoms with Gasteiger partial charge in [0.2, 0.25) is 11.8 Å². The van der Waals surface area contributed by atoms with Gasteiger partial charge in [0.25, 0.3) is 0 Å². The van der Waals surface area contributed by atoms with Crippen LogP contribution in [0.1, 0.15) is 5.82 Å². The highest BCUT2D eigenvalue weighted by atomic mass is 16.5. The first-order valence-corrected chi connectivity index (χ1v) is 4.33. The fraction of sp³-hybridized carbons (Fsp3) is 0.250. The van der Waals surface area contributed by atoms with Gasteiger partial charge in [-0.2, -0.15) is 10.1 Å². The minimum Gasteiger partial charge on any atom is -0.481 e. The fourth-order valence-electron chi connectivity index (χ4n) is 1.02. The number of aromatic nitrogens is 5. The summed E-state index contributed by atoms with van der Waals surface area (Å²) >= 11 is 0. The summed E-state index contributed by atoms with van der Waals surface area (Å²) in [4.78, 5) is 12.1. The number of hydrogen-bond acceptors (Lipinski definition) is 6. The number of rotatable bonds is 4. The number of methoxy groups -OCH3 is 1. The Morgan fingerprint density at radius 2 is 2.40 bits per heavy atom. The van der Waals surface area contributed by atoms with Crippen molar-refractivity contribution in [2.24, 2.45) is 0 Å². The summed E-state index contributed by atoms with van der Waals surface area (Å²) in [5, 5.41) is 9.44. The molecule has 2 heterocycles. The van der Waals surface area contributed by atoms with Gasteiger partial charge in [-0.15, -0.1) is 0 Å². The number of H-pyrrole nitrogens is 1. The molecule has 2 rings (SSSR count). The molecule has 0 aromatic carbocycles. The molecule has 2 aromatic rings. The van der Waals surface area contributed by atoms with Crippen molar-refractivity contribution in [2.75, 3.05) is 12.4 Å². The number of aromatic amines is 1. The normalized spacial score (nSPS) is 9.93. The highest BCUT2D eigenvalue weighted by molar-refractivity contribution is 5.27. The first-order valence-electron chi connectivity index (χ1n) is 4.33. The minimum atomic E-state index is 0.491. The third kappa shape index (κ3) is 2.39. The van der Waals surface area contributed by atoms with Crippen molar-refractivity contribution >= 4 is 5.95 Å². The molecule has 0 aliphatic carbocycles. The second-order valence-corrected chi connectivity index (χ2v) is 2.71. The number of hydrogen-bond donors (Lipinski definition) is 2. The summed E-state index contributed by atoms with van der Waals surface area (Å²) in [6.45, 7) is 0.493. The zero-order valence-electron chi connectivity index (χ0n) is 8.14. The van der Waals surface area contributed by atoms with Crippen LogP contribution in [0.15, 0.2) is 18.6 Å². The van der Waals surface area contributed by atoms with Crippen LogP contribution in [-0.4, -0.2) is 32.3 Å². The van der Waals surface area contributed by atoms with E-state index in [9.17, 15) is 0 Å². The van der Waals surface area contributed by atoms with Crippen LogP contribution in [0, 0.1) is 0 Å². The molecular formula is C8H10N6O. The molecule has 0 atom stereocenters. The first-order chi connectivity index (χ1) is 7.38. The van der Waals surface area contributed by atoms with Gasteiger partial charge in [0.05, 0.1) is 13.7 Å². The summed E-state index contributed by atoms with van der Waals surface area (Å²) in [6, 6.07) is 1.68. The lowest BCUT2D eigenvalue weighted by Gasteiger charge is -2.03. The zero-order chi connectivity index (χ0) is 10.5. The van der Waals surface area contributed by atoms with E-state index < -0.39 is 0 Å². The van der Waals surface area contributed by atoms with Crippen LogP contribution < -0.4 is 10.1 Å². The zero-order valence-corrected chi connectivity index (χ0v) is 8.14. The van der Waals surface area contributed by atoms with Gasteiger partial charge in [0.1, 0.15) is 12.2 Å². The van der Waals surface area contributed by atoms with Crippen molar-refractivity contribution in [1.82, 2.24) is 25.1 Å². The maximum atomic E-state index is 4.96. The molecule has 0 radical (unpaired) electrons. The van der Waals surface area contributed by atoms with Crippen molar-refractivity contribution in [2.45, 2.75) is 6.54 Å². The van der Waals surface area contributed by atoms with Crippen LogP contribution in [0.25, 0.3) is 0 Å². The van der Waals surface area contributed by atoms with Crippen LogP contribution in [0.5, 0.6) is 5.88 Å². The molecule has 0 unspecified atom stereocenters. The van der Waals surface area contributed by atoms with Crippen molar-refractivity contribution < 1.29 is 4.74 Å². The van der Waals surface area contributed by atoms with Gasteiger partial charge in [-0.25, -0.2) is 9.97 Å². The third-order valence-electron chi connectivity index (χ3n) is 1.72. The Hall–Kier alpha value is -2.18. The molecule has 7 heteroatoms. The van der Waals surface area contributed by atoms with Gasteiger partial charge in [-0.3, -0.25) is 5.10 Å². The highest BCUT2D eigenvalue weighted by Gasteiger charge is 1.99. The highest BCUT2D eigenvalue weighted by Crippen LogP contribution is 2.07. The molecule has 0 saturated heterocycles. The lowest BCUT2D eigenvalue weighted by atomic mass is 10.6. The minimum absolute atomic E-state index is 0.491. The lowest BCUT2D eigenvalue weighted by Crippen LogP contribution is -2.05. The Bertz CT molecular complexity index is 415. The van der Waals surface area contributed by atoms with Gasteiger partial charge >= 0.3 is 0 Å². The Morgan fingerprint density at radius 1 is 1.47 bits per heavy atom. The van der Waals surface area contributed by atoms with Gasteiger partial charge in [0, 0.05) is 12.3 Å². The van der Waals surface area contributed by atoms with E-state index in [1.165, 1.54) is 6.33 Å². The molecule has 0 bridgehead atoms. The van der Waals surface area contributed by atoms with Crippen LogP contribution in [0.4, 0.5) is 5.95 Å². The van der Waals surface area contributed by atoms with E-state index in [0.29, 0.717) is 18.4 Å². The monoisotopic (exact) mass is 206 g/mol. The van der Waals surface area contributed by atoms with Gasteiger partial charge < -0.3 is 10.1 Å². The SMILES string of the molecule is COc1ccnc(NCc2ncn[nH]2)n1. The van der Waals surface area contributed by atoms with E-state index in [1.54, 1.807) is 19.4 Å². The average molecular weight is 206 g/mol. The Morgan fingerprint density at radius 3 is 3.13 bits per heavy atom. The standard InChI is InChI=1S/C8H10N6O/c1-15-7-2-3-9-8(13-7)10-4-6-11-5-12-14-6/h2-3,5H,4H2,1H3,(H,9,10,13)(H,11,12,14). The number of ether oxygens (including phenoxy) is 1. The molecule has 0 spiro atoms. The second kappa shape index (κ2) is 4.36. The van der Waals surface area contributed by atoms with E-state index in [0.717, 1.165) is 5.82 Å². The smallest absolute Gasteiger partial charge is 0.226 e. The lowest BCUT2D eigenvalue weighted by molar-refractivity contribution is 0.397. The number of anilines is 1. The van der Waals surface area contributed by atoms with E-state index in [2.05, 4.69) is 30.5 Å². The molecule has 0 saturated carbocycles. The summed E-state index contributed by atoms with van der Waals surface area (Å²) in [5.74, 6) is 1.73. The molecule has 0 fully saturated rings. The molecule has 0 aliphatic rings. The fourth-order valence-corrected chi connectivity index (χ4v) is 1.02. The molecule has 15 heavy (non-hydrogen) atoms. The van der Waals surface area contributed by atoms with E-state index in [1.807, 2.05) is 0 Å². The quantitative estimate of drug-likeness (QED) is 0.743. The Balaban J connectivity index is 1.98. The van der Waals surface area contributed by atoms with E-state index in [-0.39, 0.29) is 0 Å². The summed E-state index contributed by atoms with van der Waals surface area (Å²) in [6.07, 6.45) is 3.07. The Kier molecular flexibility index (Phi) is 2.72. The summed E-state index contributed by atoms with van der Waals surface area (Å²) < 4.78 is 4.96. The van der Waals surface area contributed by atoms with Gasteiger partial charge in [-0.1, -0.05) is 0 Å². The first kappa shape index (κ1) is 9.38. The third-order valence-corrected chi connectivity index (χ3v) is 1.72. The molecule has 0 aliphatic heterocycles. The van der Waals surface area contributed by atoms with Crippen molar-refractivity contribution in [3.8, 4) is 5.88 Å². The summed E-state index contributed by atoms with van der Waals surface area (Å²) in [7, 11) is 1.56. The van der Waals surface area contributed by atoms with Gasteiger partial charge in [-0.05, 0) is 0 Å². The molecule has 2 N–H and O–H groups in total. The Labute approximate surface area is 85.9 Å². The maximum Gasteiger partial charge on any atom is 0.226 e. The predicted molar refractivity (Wildman–Crippen MR) is 52.3 cm³/mol. The van der Waals surface area contributed by atoms with Crippen LogP contribution in [0.2, 0.25) is 0 Å². The molecule has 78 valence electrons. The van der Waals surface area contributed by atoms with Crippen molar-refractivity contribution in [3.05, 3.63) is 24.4 Å². The van der Waals surface area contributed by atoms with Crippen LogP contribution >= 0.6 is 0 Å². The average Bonchev–Trinajstić information content (AvgIpc) is 2.79. The second-order valence-electron chi connectivity index (χ2n) is 2.71. The van der Waals surface area contributed by atoms with Gasteiger partial charge in [0.15, 0.2) is 0 Å². The molecule has 0 amide bonds. The largest absolute Gasteiger partial charge is 0.481 e. The maximum absolute atomic E-state index is 4.96. The molecular weight excluding hydrogens is 196 g/mol. The van der Waals surface area contributed by atoms with Crippen molar-refractivity contribution in [3.63, 3.8) is 0 Å². The number of nitrogens with one attached hydrogen (secondary N) is 2. The predicted octanol–water partition coefficient (Wildman–Crippen LogP) is 0.215. The number of nitrogens with zero attached hydrogens (tertiary/aromatic N) is 4. The topological polar surface area (TPSA) is 88.6 Å². The molecule has 7 nitrogen and oxygen atoms in total.